The van der Waals surface area contributed by atoms with Crippen LogP contribution in [-0.2, 0) is 35.0 Å². The van der Waals surface area contributed by atoms with Crippen LogP contribution in [0.1, 0.15) is 57.0 Å². The lowest BCUT2D eigenvalue weighted by molar-refractivity contribution is -0.219. The third-order valence-electron chi connectivity index (χ3n) is 11.3. The van der Waals surface area contributed by atoms with Gasteiger partial charge in [0.2, 0.25) is 0 Å². The summed E-state index contributed by atoms with van der Waals surface area (Å²) in [4.78, 5) is 52.9. The molecule has 11 heteroatoms. The van der Waals surface area contributed by atoms with E-state index in [4.69, 9.17) is 18.9 Å². The summed E-state index contributed by atoms with van der Waals surface area (Å²) in [5.41, 5.74) is -4.63. The lowest BCUT2D eigenvalue weighted by atomic mass is 9.59. The summed E-state index contributed by atoms with van der Waals surface area (Å²) in [6, 6.07) is 12.8. The maximum absolute atomic E-state index is 13.7. The van der Waals surface area contributed by atoms with E-state index in [1.165, 1.54) is 26.2 Å². The number of benzene rings is 2. The van der Waals surface area contributed by atoms with E-state index >= 15 is 0 Å². The average molecular weight is 675 g/mol. The van der Waals surface area contributed by atoms with Gasteiger partial charge < -0.3 is 34.3 Å². The number of ketones is 1. The highest BCUT2D eigenvalue weighted by molar-refractivity contribution is 6.05. The number of fused-ring (bicyclic) bond motifs is 5. The van der Waals surface area contributed by atoms with Gasteiger partial charge in [-0.1, -0.05) is 57.2 Å². The summed E-state index contributed by atoms with van der Waals surface area (Å²) < 4.78 is 23.1. The van der Waals surface area contributed by atoms with E-state index in [1.54, 1.807) is 62.4 Å². The van der Waals surface area contributed by atoms with Crippen molar-refractivity contribution < 1.29 is 53.4 Å². The van der Waals surface area contributed by atoms with Crippen LogP contribution >= 0.6 is 0 Å². The van der Waals surface area contributed by atoms with Gasteiger partial charge in [-0.3, -0.25) is 14.4 Å². The molecule has 3 N–H and O–H groups in total. The lowest BCUT2D eigenvalue weighted by Crippen LogP contribution is -2.66. The van der Waals surface area contributed by atoms with Gasteiger partial charge in [0.15, 0.2) is 22.9 Å². The van der Waals surface area contributed by atoms with Crippen LogP contribution in [0.3, 0.4) is 0 Å². The molecule has 11 nitrogen and oxygen atoms in total. The number of phenolic OH excluding ortho intramolecular Hbond substituents is 1. The fourth-order valence-electron chi connectivity index (χ4n) is 9.03. The van der Waals surface area contributed by atoms with E-state index < -0.39 is 75.7 Å². The van der Waals surface area contributed by atoms with Crippen LogP contribution in [0.5, 0.6) is 11.5 Å². The number of rotatable bonds is 8. The van der Waals surface area contributed by atoms with E-state index in [9.17, 15) is 34.5 Å². The van der Waals surface area contributed by atoms with Crippen molar-refractivity contribution in [2.45, 2.75) is 70.4 Å². The summed E-state index contributed by atoms with van der Waals surface area (Å²) >= 11 is 0. The number of aromatic hydroxyl groups is 1. The summed E-state index contributed by atoms with van der Waals surface area (Å²) in [7, 11) is 1.40. The van der Waals surface area contributed by atoms with Crippen molar-refractivity contribution in [2.75, 3.05) is 13.7 Å². The number of esters is 3. The molecule has 0 amide bonds. The maximum atomic E-state index is 13.7. The Morgan fingerprint density at radius 2 is 1.71 bits per heavy atom. The third-order valence-corrected chi connectivity index (χ3v) is 11.3. The van der Waals surface area contributed by atoms with Gasteiger partial charge >= 0.3 is 17.9 Å². The van der Waals surface area contributed by atoms with Gasteiger partial charge in [-0.05, 0) is 47.9 Å². The first-order valence-corrected chi connectivity index (χ1v) is 16.4. The highest BCUT2D eigenvalue weighted by Gasteiger charge is 2.87. The number of phenols is 1. The number of ether oxygens (including phenoxy) is 4. The largest absolute Gasteiger partial charge is 0.504 e. The predicted molar refractivity (Wildman–Crippen MR) is 174 cm³/mol. The van der Waals surface area contributed by atoms with E-state index in [0.29, 0.717) is 11.1 Å². The Morgan fingerprint density at radius 3 is 2.37 bits per heavy atom. The number of hydrogen-bond donors (Lipinski definition) is 3. The normalized spacial score (nSPS) is 33.8. The van der Waals surface area contributed by atoms with Gasteiger partial charge in [0.05, 0.1) is 24.7 Å². The fraction of sp³-hybridized carbons (Fsp3) is 0.474. The van der Waals surface area contributed by atoms with Gasteiger partial charge in [0.25, 0.3) is 0 Å². The van der Waals surface area contributed by atoms with Gasteiger partial charge in [0, 0.05) is 42.4 Å². The number of methoxy groups -OCH3 is 1. The number of hydrogen-bond acceptors (Lipinski definition) is 11. The van der Waals surface area contributed by atoms with Crippen molar-refractivity contribution in [3.8, 4) is 11.5 Å². The zero-order valence-corrected chi connectivity index (χ0v) is 28.4. The Kier molecular flexibility index (Phi) is 8.31. The van der Waals surface area contributed by atoms with Crippen LogP contribution in [0.4, 0.5) is 0 Å². The minimum atomic E-state index is -2.08. The number of carbonyl (C=O) groups excluding carboxylic acids is 4. The van der Waals surface area contributed by atoms with Crippen molar-refractivity contribution in [3.63, 3.8) is 0 Å². The molecular weight excluding hydrogens is 632 g/mol. The van der Waals surface area contributed by atoms with Crippen molar-refractivity contribution in [2.24, 2.45) is 29.1 Å². The highest BCUT2D eigenvalue weighted by Crippen LogP contribution is 2.77. The van der Waals surface area contributed by atoms with Crippen LogP contribution in [0.25, 0.3) is 0 Å². The maximum Gasteiger partial charge on any atom is 0.338 e. The van der Waals surface area contributed by atoms with E-state index in [1.807, 2.05) is 13.8 Å². The molecule has 0 bridgehead atoms. The zero-order valence-electron chi connectivity index (χ0n) is 28.4. The molecule has 2 saturated carbocycles. The SMILES string of the molecule is COc1cc(CC(=O)OCC2=C[C@H]3[C@@H]4C(C)(C)[C@]4(OC(C)=O)[C@H](OC(=O)c4ccccc4)[C@@H](C)[C@]3(O)[C@@H]3C=C(C)C(=O)[C@@]3(O)C2)ccc1O. The molecule has 0 heterocycles. The molecule has 8 atom stereocenters. The Labute approximate surface area is 284 Å². The van der Waals surface area contributed by atoms with E-state index in [0.717, 1.165) is 0 Å². The molecule has 6 rings (SSSR count). The summed E-state index contributed by atoms with van der Waals surface area (Å²) in [6.07, 6.45) is 1.82. The first kappa shape index (κ1) is 34.4. The second kappa shape index (κ2) is 11.8. The molecular formula is C38H42O11. The predicted octanol–water partition coefficient (Wildman–Crippen LogP) is 3.87. The van der Waals surface area contributed by atoms with Crippen molar-refractivity contribution in [1.82, 2.24) is 0 Å². The van der Waals surface area contributed by atoms with Gasteiger partial charge in [-0.2, -0.15) is 0 Å². The van der Waals surface area contributed by atoms with Gasteiger partial charge in [0.1, 0.15) is 18.3 Å². The summed E-state index contributed by atoms with van der Waals surface area (Å²) in [5, 5.41) is 35.2. The summed E-state index contributed by atoms with van der Waals surface area (Å²) in [6.45, 7) is 8.01. The Hall–Kier alpha value is -4.48. The molecule has 2 aromatic carbocycles. The standard InChI is InChI=1S/C38H42O11/c1-20-14-29-36(44,32(20)42)18-24(19-47-30(41)17-23-12-13-27(40)28(16-23)46-6)15-26-31-35(4,5)38(31,49-22(3)39)33(21(2)37(26,29)45)48-34(43)25-10-8-7-9-11-25/h7-16,21,26,29,31,33,40,44-45H,17-19H2,1-6H3/t21-,26+,29-,31-,33-,36-,37-,38-/m1/s1. The van der Waals surface area contributed by atoms with Crippen LogP contribution in [0.2, 0.25) is 0 Å². The minimum Gasteiger partial charge on any atom is -0.504 e. The molecule has 0 unspecified atom stereocenters. The first-order valence-electron chi connectivity index (χ1n) is 16.4. The lowest BCUT2D eigenvalue weighted by Gasteiger charge is -2.53. The minimum absolute atomic E-state index is 0.0738. The molecule has 260 valence electrons. The van der Waals surface area contributed by atoms with E-state index in [2.05, 4.69) is 0 Å². The first-order chi connectivity index (χ1) is 23.0. The molecule has 0 radical (unpaired) electrons. The average Bonchev–Trinajstić information content (AvgIpc) is 3.48. The van der Waals surface area contributed by atoms with Crippen LogP contribution < -0.4 is 4.74 Å². The summed E-state index contributed by atoms with van der Waals surface area (Å²) in [5.74, 6) is -5.78. The smallest absolute Gasteiger partial charge is 0.338 e. The van der Waals surface area contributed by atoms with Gasteiger partial charge in [-0.25, -0.2) is 4.79 Å². The molecule has 0 spiro atoms. The molecule has 2 aromatic rings. The van der Waals surface area contributed by atoms with Gasteiger partial charge in [-0.15, -0.1) is 0 Å². The topological polar surface area (TPSA) is 166 Å². The molecule has 4 aliphatic carbocycles. The fourth-order valence-corrected chi connectivity index (χ4v) is 9.03. The number of aliphatic hydroxyl groups is 2. The Morgan fingerprint density at radius 1 is 1.02 bits per heavy atom. The molecule has 2 fully saturated rings. The molecule has 0 saturated heterocycles. The van der Waals surface area contributed by atoms with Crippen LogP contribution in [-0.4, -0.2) is 75.6 Å². The van der Waals surface area contributed by atoms with Crippen LogP contribution in [0.15, 0.2) is 71.8 Å². The second-order valence-electron chi connectivity index (χ2n) is 14.4. The monoisotopic (exact) mass is 674 g/mol. The highest BCUT2D eigenvalue weighted by atomic mass is 16.6. The molecule has 0 aromatic heterocycles. The zero-order chi connectivity index (χ0) is 35.7. The Balaban J connectivity index is 1.39. The van der Waals surface area contributed by atoms with Crippen LogP contribution in [0, 0.1) is 29.1 Å². The molecule has 49 heavy (non-hydrogen) atoms. The van der Waals surface area contributed by atoms with Crippen molar-refractivity contribution >= 4 is 23.7 Å². The van der Waals surface area contributed by atoms with Crippen molar-refractivity contribution in [3.05, 3.63) is 83.0 Å². The van der Waals surface area contributed by atoms with Crippen molar-refractivity contribution in [1.29, 1.82) is 0 Å². The van der Waals surface area contributed by atoms with E-state index in [-0.39, 0.29) is 42.1 Å². The third kappa shape index (κ3) is 5.17. The number of carbonyl (C=O) groups is 4. The number of Topliss-reactive ketones (excluding diaryl/α,β-unsaturated/α-hetero) is 1. The molecule has 4 aliphatic rings. The second-order valence-corrected chi connectivity index (χ2v) is 14.4. The Bertz CT molecular complexity index is 1780. The molecule has 0 aliphatic heterocycles. The quantitative estimate of drug-likeness (QED) is 0.211.